The van der Waals surface area contributed by atoms with Crippen LogP contribution in [0.1, 0.15) is 25.3 Å². The molecule has 6 heteroatoms. The van der Waals surface area contributed by atoms with Crippen molar-refractivity contribution in [1.82, 2.24) is 9.97 Å². The Morgan fingerprint density at radius 2 is 1.88 bits per heavy atom. The van der Waals surface area contributed by atoms with Crippen LogP contribution in [-0.4, -0.2) is 28.6 Å². The van der Waals surface area contributed by atoms with Crippen LogP contribution in [-0.2, 0) is 0 Å². The number of nitrogen functional groups attached to an aromatic ring is 1. The summed E-state index contributed by atoms with van der Waals surface area (Å²) in [6, 6.07) is 5.90. The third kappa shape index (κ3) is 2.96. The molecular formula is C19H24ClN5. The highest BCUT2D eigenvalue weighted by Crippen LogP contribution is 2.43. The van der Waals surface area contributed by atoms with E-state index in [1.54, 1.807) is 6.20 Å². The Labute approximate surface area is 153 Å². The molecule has 3 atom stereocenters. The summed E-state index contributed by atoms with van der Waals surface area (Å²) in [7, 11) is 0. The number of aryl methyl sites for hydroxylation is 1. The molecule has 132 valence electrons. The summed E-state index contributed by atoms with van der Waals surface area (Å²) in [6.07, 6.45) is 3.93. The van der Waals surface area contributed by atoms with E-state index in [0.717, 1.165) is 42.6 Å². The van der Waals surface area contributed by atoms with Gasteiger partial charge in [0.1, 0.15) is 5.82 Å². The zero-order valence-electron chi connectivity index (χ0n) is 14.7. The zero-order chi connectivity index (χ0) is 17.8. The number of anilines is 2. The minimum absolute atomic E-state index is 0.0207. The molecule has 5 nitrogen and oxygen atoms in total. The van der Waals surface area contributed by atoms with Crippen molar-refractivity contribution in [3.8, 4) is 11.1 Å². The lowest BCUT2D eigenvalue weighted by Gasteiger charge is -2.23. The van der Waals surface area contributed by atoms with Crippen LogP contribution in [0.25, 0.3) is 11.1 Å². The second-order valence-corrected chi connectivity index (χ2v) is 8.27. The predicted molar refractivity (Wildman–Crippen MR) is 103 cm³/mol. The van der Waals surface area contributed by atoms with Crippen LogP contribution in [0, 0.1) is 18.8 Å². The molecule has 0 unspecified atom stereocenters. The largest absolute Gasteiger partial charge is 0.383 e. The number of rotatable bonds is 2. The average molecular weight is 358 g/mol. The predicted octanol–water partition coefficient (Wildman–Crippen LogP) is 3.25. The maximum Gasteiger partial charge on any atom is 0.227 e. The number of hydrogen-bond acceptors (Lipinski definition) is 5. The molecule has 0 amide bonds. The molecule has 0 bridgehead atoms. The minimum Gasteiger partial charge on any atom is -0.383 e. The Kier molecular flexibility index (Phi) is 3.89. The van der Waals surface area contributed by atoms with E-state index in [2.05, 4.69) is 21.8 Å². The first kappa shape index (κ1) is 16.6. The number of benzene rings is 1. The molecule has 1 saturated heterocycles. The highest BCUT2D eigenvalue weighted by molar-refractivity contribution is 6.34. The molecule has 0 radical (unpaired) electrons. The van der Waals surface area contributed by atoms with Gasteiger partial charge in [0.25, 0.3) is 0 Å². The monoisotopic (exact) mass is 357 g/mol. The Morgan fingerprint density at radius 1 is 1.20 bits per heavy atom. The quantitative estimate of drug-likeness (QED) is 0.862. The fourth-order valence-electron chi connectivity index (χ4n) is 4.45. The van der Waals surface area contributed by atoms with Gasteiger partial charge in [-0.25, -0.2) is 4.98 Å². The van der Waals surface area contributed by atoms with Gasteiger partial charge in [0.05, 0.1) is 5.02 Å². The minimum atomic E-state index is -0.0207. The number of hydrogen-bond donors (Lipinski definition) is 2. The first-order valence-corrected chi connectivity index (χ1v) is 9.14. The molecule has 2 aliphatic rings. The Hall–Kier alpha value is -1.85. The van der Waals surface area contributed by atoms with Crippen molar-refractivity contribution in [1.29, 1.82) is 0 Å². The maximum atomic E-state index is 6.42. The second kappa shape index (κ2) is 5.85. The van der Waals surface area contributed by atoms with Crippen molar-refractivity contribution >= 4 is 23.4 Å². The molecule has 4 rings (SSSR count). The topological polar surface area (TPSA) is 81.1 Å². The van der Waals surface area contributed by atoms with Crippen LogP contribution in [0.15, 0.2) is 24.4 Å². The van der Waals surface area contributed by atoms with Gasteiger partial charge < -0.3 is 16.4 Å². The molecule has 2 heterocycles. The lowest BCUT2D eigenvalue weighted by atomic mass is 10.00. The molecular weight excluding hydrogens is 334 g/mol. The molecule has 1 aromatic carbocycles. The zero-order valence-corrected chi connectivity index (χ0v) is 15.4. The molecule has 2 fully saturated rings. The van der Waals surface area contributed by atoms with Crippen LogP contribution < -0.4 is 16.4 Å². The molecule has 1 aromatic heterocycles. The van der Waals surface area contributed by atoms with E-state index < -0.39 is 0 Å². The van der Waals surface area contributed by atoms with Crippen LogP contribution in [0.2, 0.25) is 5.02 Å². The normalized spacial score (nSPS) is 28.4. The fourth-order valence-corrected chi connectivity index (χ4v) is 4.67. The van der Waals surface area contributed by atoms with Crippen LogP contribution in [0.5, 0.6) is 0 Å². The van der Waals surface area contributed by atoms with Gasteiger partial charge in [0.15, 0.2) is 0 Å². The van der Waals surface area contributed by atoms with E-state index in [1.165, 1.54) is 0 Å². The van der Waals surface area contributed by atoms with Crippen molar-refractivity contribution in [3.05, 3.63) is 35.0 Å². The summed E-state index contributed by atoms with van der Waals surface area (Å²) in [6.45, 7) is 6.05. The fraction of sp³-hybridized carbons (Fsp3) is 0.474. The van der Waals surface area contributed by atoms with Gasteiger partial charge in [0, 0.05) is 36.0 Å². The molecule has 4 N–H and O–H groups in total. The van der Waals surface area contributed by atoms with Crippen molar-refractivity contribution in [2.75, 3.05) is 23.7 Å². The van der Waals surface area contributed by atoms with Crippen molar-refractivity contribution < 1.29 is 0 Å². The van der Waals surface area contributed by atoms with Gasteiger partial charge in [-0.2, -0.15) is 4.98 Å². The highest BCUT2D eigenvalue weighted by atomic mass is 35.5. The Balaban J connectivity index is 1.58. The first-order chi connectivity index (χ1) is 11.8. The van der Waals surface area contributed by atoms with Crippen LogP contribution >= 0.6 is 11.6 Å². The van der Waals surface area contributed by atoms with Crippen molar-refractivity contribution in [3.63, 3.8) is 0 Å². The Morgan fingerprint density at radius 3 is 2.52 bits per heavy atom. The summed E-state index contributed by atoms with van der Waals surface area (Å²) in [5, 5.41) is 0.698. The average Bonchev–Trinajstić information content (AvgIpc) is 3.04. The van der Waals surface area contributed by atoms with Gasteiger partial charge >= 0.3 is 0 Å². The molecule has 1 aliphatic heterocycles. The summed E-state index contributed by atoms with van der Waals surface area (Å²) < 4.78 is 0. The van der Waals surface area contributed by atoms with Gasteiger partial charge in [0.2, 0.25) is 5.95 Å². The summed E-state index contributed by atoms with van der Waals surface area (Å²) in [5.74, 6) is 2.44. The van der Waals surface area contributed by atoms with Crippen LogP contribution in [0.3, 0.4) is 0 Å². The summed E-state index contributed by atoms with van der Waals surface area (Å²) >= 11 is 6.42. The van der Waals surface area contributed by atoms with Gasteiger partial charge in [-0.1, -0.05) is 29.8 Å². The van der Waals surface area contributed by atoms with Crippen molar-refractivity contribution in [2.24, 2.45) is 17.6 Å². The molecule has 2 aromatic rings. The lowest BCUT2D eigenvalue weighted by molar-refractivity contribution is 0.449. The van der Waals surface area contributed by atoms with E-state index in [1.807, 2.05) is 25.1 Å². The number of nitrogens with two attached hydrogens (primary N) is 2. The number of halogens is 1. The molecule has 1 saturated carbocycles. The molecule has 0 spiro atoms. The maximum absolute atomic E-state index is 6.42. The van der Waals surface area contributed by atoms with E-state index in [4.69, 9.17) is 23.1 Å². The SMILES string of the molecule is Cc1cccc(-c2cnc(N3C[C@@H]4C[C@@](C)(N)C[C@@H]4C3)nc2N)c1Cl. The van der Waals surface area contributed by atoms with E-state index in [0.29, 0.717) is 28.6 Å². The Bertz CT molecular complexity index is 803. The van der Waals surface area contributed by atoms with Gasteiger partial charge in [-0.3, -0.25) is 0 Å². The summed E-state index contributed by atoms with van der Waals surface area (Å²) in [5.41, 5.74) is 15.2. The smallest absolute Gasteiger partial charge is 0.227 e. The summed E-state index contributed by atoms with van der Waals surface area (Å²) in [4.78, 5) is 11.4. The second-order valence-electron chi connectivity index (χ2n) is 7.89. The lowest BCUT2D eigenvalue weighted by Crippen LogP contribution is -2.35. The van der Waals surface area contributed by atoms with E-state index in [9.17, 15) is 0 Å². The third-order valence-corrected chi connectivity index (χ3v) is 6.11. The first-order valence-electron chi connectivity index (χ1n) is 8.76. The number of fused-ring (bicyclic) bond motifs is 1. The van der Waals surface area contributed by atoms with E-state index in [-0.39, 0.29) is 5.54 Å². The third-order valence-electron chi connectivity index (χ3n) is 5.60. The standard InChI is InChI=1S/C19H24ClN5/c1-11-4-3-5-14(16(11)20)15-8-23-18(24-17(15)21)25-9-12-6-19(2,22)7-13(12)10-25/h3-5,8,12-13H,6-7,9-10,22H2,1-2H3,(H2,21,23,24)/t12-,13+,19+. The molecule has 25 heavy (non-hydrogen) atoms. The molecule has 1 aliphatic carbocycles. The van der Waals surface area contributed by atoms with Crippen LogP contribution in [0.4, 0.5) is 11.8 Å². The van der Waals surface area contributed by atoms with Gasteiger partial charge in [-0.15, -0.1) is 0 Å². The highest BCUT2D eigenvalue weighted by Gasteiger charge is 2.45. The number of nitrogens with zero attached hydrogens (tertiary/aromatic N) is 3. The number of aromatic nitrogens is 2. The van der Waals surface area contributed by atoms with E-state index >= 15 is 0 Å². The van der Waals surface area contributed by atoms with Gasteiger partial charge in [-0.05, 0) is 44.1 Å². The van der Waals surface area contributed by atoms with Crippen molar-refractivity contribution in [2.45, 2.75) is 32.2 Å².